The molecule has 2 aromatic rings. The van der Waals surface area contributed by atoms with E-state index in [-0.39, 0.29) is 30.6 Å². The number of benzene rings is 2. The molecule has 0 atom stereocenters. The van der Waals surface area contributed by atoms with Crippen molar-refractivity contribution in [2.24, 2.45) is 0 Å². The third-order valence-electron chi connectivity index (χ3n) is 4.06. The molecule has 2 aromatic carbocycles. The van der Waals surface area contributed by atoms with Gasteiger partial charge in [-0.05, 0) is 48.7 Å². The van der Waals surface area contributed by atoms with Gasteiger partial charge in [0.1, 0.15) is 5.82 Å². The van der Waals surface area contributed by atoms with Crippen molar-refractivity contribution in [3.8, 4) is 0 Å². The van der Waals surface area contributed by atoms with Crippen LogP contribution in [0.15, 0.2) is 42.5 Å². The Bertz CT molecular complexity index is 778. The van der Waals surface area contributed by atoms with Crippen LogP contribution in [0.25, 0.3) is 0 Å². The fourth-order valence-corrected chi connectivity index (χ4v) is 2.69. The Morgan fingerprint density at radius 3 is 2.46 bits per heavy atom. The van der Waals surface area contributed by atoms with E-state index in [2.05, 4.69) is 5.32 Å². The van der Waals surface area contributed by atoms with E-state index >= 15 is 0 Å². The summed E-state index contributed by atoms with van der Waals surface area (Å²) in [5.74, 6) is -0.570. The smallest absolute Gasteiger partial charge is 0.223 e. The molecule has 1 N–H and O–H groups in total. The van der Waals surface area contributed by atoms with Crippen LogP contribution in [-0.2, 0) is 16.0 Å². The van der Waals surface area contributed by atoms with Gasteiger partial charge >= 0.3 is 0 Å². The summed E-state index contributed by atoms with van der Waals surface area (Å²) in [5.41, 5.74) is 2.55. The second kappa shape index (κ2) is 9.34. The molecule has 138 valence electrons. The van der Waals surface area contributed by atoms with Crippen molar-refractivity contribution >= 4 is 29.1 Å². The number of nitrogens with zero attached hydrogens (tertiary/aromatic N) is 1. The second-order valence-electron chi connectivity index (χ2n) is 6.08. The molecule has 0 aromatic heterocycles. The van der Waals surface area contributed by atoms with Crippen molar-refractivity contribution in [3.05, 3.63) is 64.4 Å². The molecule has 6 heteroatoms. The minimum absolute atomic E-state index is 0.142. The molecule has 0 aliphatic carbocycles. The fourth-order valence-electron chi connectivity index (χ4n) is 2.52. The number of rotatable bonds is 7. The molecule has 0 aliphatic rings. The van der Waals surface area contributed by atoms with E-state index in [1.807, 2.05) is 19.1 Å². The number of carbonyl (C=O) groups excluding carboxylic acids is 2. The molecule has 0 saturated carbocycles. The van der Waals surface area contributed by atoms with Crippen LogP contribution >= 0.6 is 11.6 Å². The monoisotopic (exact) mass is 376 g/mol. The first-order chi connectivity index (χ1) is 12.4. The van der Waals surface area contributed by atoms with Crippen molar-refractivity contribution < 1.29 is 14.0 Å². The fraction of sp³-hybridized carbons (Fsp3) is 0.300. The molecule has 2 amide bonds. The number of hydrogen-bond acceptors (Lipinski definition) is 2. The molecular weight excluding hydrogens is 355 g/mol. The summed E-state index contributed by atoms with van der Waals surface area (Å²) in [6.45, 7) is 4.08. The highest BCUT2D eigenvalue weighted by atomic mass is 35.5. The molecule has 0 spiro atoms. The zero-order chi connectivity index (χ0) is 19.1. The number of anilines is 1. The van der Waals surface area contributed by atoms with E-state index in [1.54, 1.807) is 18.2 Å². The van der Waals surface area contributed by atoms with Gasteiger partial charge in [0, 0.05) is 37.1 Å². The molecule has 0 radical (unpaired) electrons. The SMILES string of the molecule is CC(=O)N(CCC(=O)NCCc1ccc(F)cc1)c1ccc(C)c(Cl)c1. The first kappa shape index (κ1) is 19.9. The molecule has 26 heavy (non-hydrogen) atoms. The van der Waals surface area contributed by atoms with Crippen molar-refractivity contribution in [3.63, 3.8) is 0 Å². The molecule has 0 heterocycles. The van der Waals surface area contributed by atoms with Gasteiger partial charge in [0.05, 0.1) is 0 Å². The van der Waals surface area contributed by atoms with Gasteiger partial charge in [0.25, 0.3) is 0 Å². The Hall–Kier alpha value is -2.40. The van der Waals surface area contributed by atoms with Crippen LogP contribution in [0.4, 0.5) is 10.1 Å². The highest BCUT2D eigenvalue weighted by Gasteiger charge is 2.14. The van der Waals surface area contributed by atoms with Gasteiger partial charge in [-0.15, -0.1) is 0 Å². The van der Waals surface area contributed by atoms with Crippen molar-refractivity contribution in [1.29, 1.82) is 0 Å². The number of nitrogens with one attached hydrogen (secondary N) is 1. The Kier molecular flexibility index (Phi) is 7.16. The zero-order valence-corrected chi connectivity index (χ0v) is 15.6. The van der Waals surface area contributed by atoms with Crippen LogP contribution in [0.3, 0.4) is 0 Å². The minimum Gasteiger partial charge on any atom is -0.356 e. The molecule has 0 unspecified atom stereocenters. The van der Waals surface area contributed by atoms with E-state index in [1.165, 1.54) is 24.0 Å². The lowest BCUT2D eigenvalue weighted by Crippen LogP contribution is -2.34. The van der Waals surface area contributed by atoms with E-state index in [0.717, 1.165) is 11.1 Å². The van der Waals surface area contributed by atoms with Gasteiger partial charge in [-0.3, -0.25) is 9.59 Å². The number of aryl methyl sites for hydroxylation is 1. The van der Waals surface area contributed by atoms with Gasteiger partial charge in [0.15, 0.2) is 0 Å². The molecule has 0 bridgehead atoms. The number of hydrogen-bond donors (Lipinski definition) is 1. The minimum atomic E-state index is -0.279. The van der Waals surface area contributed by atoms with Crippen LogP contribution in [0.2, 0.25) is 5.02 Å². The lowest BCUT2D eigenvalue weighted by molar-refractivity contribution is -0.121. The van der Waals surface area contributed by atoms with Gasteiger partial charge in [-0.25, -0.2) is 4.39 Å². The zero-order valence-electron chi connectivity index (χ0n) is 14.9. The van der Waals surface area contributed by atoms with Crippen molar-refractivity contribution in [2.45, 2.75) is 26.7 Å². The van der Waals surface area contributed by atoms with Crippen molar-refractivity contribution in [1.82, 2.24) is 5.32 Å². The summed E-state index contributed by atoms with van der Waals surface area (Å²) < 4.78 is 12.9. The number of carbonyl (C=O) groups is 2. The largest absolute Gasteiger partial charge is 0.356 e. The Balaban J connectivity index is 1.84. The predicted molar refractivity (Wildman–Crippen MR) is 102 cm³/mol. The quantitative estimate of drug-likeness (QED) is 0.797. The lowest BCUT2D eigenvalue weighted by Gasteiger charge is -2.21. The highest BCUT2D eigenvalue weighted by molar-refractivity contribution is 6.31. The molecule has 0 aliphatic heterocycles. The van der Waals surface area contributed by atoms with Crippen LogP contribution in [0.1, 0.15) is 24.5 Å². The first-order valence-electron chi connectivity index (χ1n) is 8.42. The van der Waals surface area contributed by atoms with Gasteiger partial charge in [0.2, 0.25) is 11.8 Å². The maximum absolute atomic E-state index is 12.9. The van der Waals surface area contributed by atoms with Crippen LogP contribution in [0, 0.1) is 12.7 Å². The van der Waals surface area contributed by atoms with Gasteiger partial charge < -0.3 is 10.2 Å². The summed E-state index contributed by atoms with van der Waals surface area (Å²) in [6.07, 6.45) is 0.810. The second-order valence-corrected chi connectivity index (χ2v) is 6.49. The molecule has 0 saturated heterocycles. The van der Waals surface area contributed by atoms with E-state index in [4.69, 9.17) is 11.6 Å². The normalized spacial score (nSPS) is 10.5. The average Bonchev–Trinajstić information content (AvgIpc) is 2.59. The Morgan fingerprint density at radius 1 is 1.15 bits per heavy atom. The van der Waals surface area contributed by atoms with Crippen LogP contribution < -0.4 is 10.2 Å². The van der Waals surface area contributed by atoms with Gasteiger partial charge in [-0.2, -0.15) is 0 Å². The highest BCUT2D eigenvalue weighted by Crippen LogP contribution is 2.23. The summed E-state index contributed by atoms with van der Waals surface area (Å²) >= 11 is 6.12. The maximum atomic E-state index is 12.9. The van der Waals surface area contributed by atoms with E-state index in [9.17, 15) is 14.0 Å². The Labute approximate surface area is 158 Å². The first-order valence-corrected chi connectivity index (χ1v) is 8.80. The molecular formula is C20H22ClFN2O2. The van der Waals surface area contributed by atoms with Crippen molar-refractivity contribution in [2.75, 3.05) is 18.0 Å². The molecule has 2 rings (SSSR count). The third kappa shape index (κ3) is 5.85. The third-order valence-corrected chi connectivity index (χ3v) is 4.47. The maximum Gasteiger partial charge on any atom is 0.223 e. The summed E-state index contributed by atoms with van der Waals surface area (Å²) in [5, 5.41) is 3.40. The number of amides is 2. The average molecular weight is 377 g/mol. The standard InChI is InChI=1S/C20H22ClFN2O2/c1-14-3-8-18(13-19(14)21)24(15(2)25)12-10-20(26)23-11-9-16-4-6-17(22)7-5-16/h3-8,13H,9-12H2,1-2H3,(H,23,26). The van der Waals surface area contributed by atoms with E-state index < -0.39 is 0 Å². The lowest BCUT2D eigenvalue weighted by atomic mass is 10.1. The number of halogens is 2. The topological polar surface area (TPSA) is 49.4 Å². The van der Waals surface area contributed by atoms with Gasteiger partial charge in [-0.1, -0.05) is 29.8 Å². The summed E-state index contributed by atoms with van der Waals surface area (Å²) in [7, 11) is 0. The van der Waals surface area contributed by atoms with E-state index in [0.29, 0.717) is 23.7 Å². The molecule has 4 nitrogen and oxygen atoms in total. The summed E-state index contributed by atoms with van der Waals surface area (Å²) in [4.78, 5) is 25.5. The molecule has 0 fully saturated rings. The van der Waals surface area contributed by atoms with Crippen LogP contribution in [0.5, 0.6) is 0 Å². The van der Waals surface area contributed by atoms with Crippen LogP contribution in [-0.4, -0.2) is 24.9 Å². The Morgan fingerprint density at radius 2 is 1.85 bits per heavy atom. The summed E-state index contributed by atoms with van der Waals surface area (Å²) in [6, 6.07) is 11.6. The predicted octanol–water partition coefficient (Wildman–Crippen LogP) is 3.89.